The molecule has 0 fully saturated rings. The summed E-state index contributed by atoms with van der Waals surface area (Å²) in [6.07, 6.45) is 0.487. The van der Waals surface area contributed by atoms with Gasteiger partial charge in [-0.15, -0.1) is 10.2 Å². The molecule has 2 rings (SSSR count). The Bertz CT molecular complexity index is 568. The van der Waals surface area contributed by atoms with E-state index in [-0.39, 0.29) is 6.54 Å². The van der Waals surface area contributed by atoms with E-state index < -0.39 is 5.97 Å². The number of hydrogen-bond acceptors (Lipinski definition) is 5. The molecule has 0 aliphatic heterocycles. The number of carbonyl (C=O) groups is 1. The average Bonchev–Trinajstić information content (AvgIpc) is 2.76. The maximum atomic E-state index is 10.5. The fraction of sp³-hybridized carbons (Fsp3) is 0.333. The van der Waals surface area contributed by atoms with E-state index in [0.29, 0.717) is 18.9 Å². The van der Waals surface area contributed by atoms with Gasteiger partial charge in [-0.2, -0.15) is 4.80 Å². The van der Waals surface area contributed by atoms with Gasteiger partial charge in [-0.3, -0.25) is 4.79 Å². The Kier molecular flexibility index (Phi) is 4.07. The summed E-state index contributed by atoms with van der Waals surface area (Å²) in [5.74, 6) is 0.273. The highest BCUT2D eigenvalue weighted by Gasteiger charge is 2.07. The molecule has 1 aromatic carbocycles. The lowest BCUT2D eigenvalue weighted by Gasteiger charge is -2.04. The number of rotatable bonds is 6. The van der Waals surface area contributed by atoms with Crippen LogP contribution in [0.3, 0.4) is 0 Å². The predicted octanol–water partition coefficient (Wildman–Crippen LogP) is 0.747. The minimum atomic E-state index is -0.998. The van der Waals surface area contributed by atoms with Crippen LogP contribution in [0.25, 0.3) is 0 Å². The van der Waals surface area contributed by atoms with Crippen LogP contribution < -0.4 is 4.74 Å². The molecular formula is C12H14N4O3. The molecule has 0 unspecified atom stereocenters. The highest BCUT2D eigenvalue weighted by atomic mass is 16.5. The Balaban J connectivity index is 2.06. The van der Waals surface area contributed by atoms with E-state index in [2.05, 4.69) is 15.4 Å². The maximum Gasteiger partial charge on any atom is 0.327 e. The van der Waals surface area contributed by atoms with E-state index in [1.165, 1.54) is 0 Å². The van der Waals surface area contributed by atoms with Crippen LogP contribution in [0.15, 0.2) is 24.3 Å². The van der Waals surface area contributed by atoms with Crippen molar-refractivity contribution < 1.29 is 14.6 Å². The molecule has 19 heavy (non-hydrogen) atoms. The van der Waals surface area contributed by atoms with E-state index in [0.717, 1.165) is 16.1 Å². The number of benzene rings is 1. The topological polar surface area (TPSA) is 90.1 Å². The summed E-state index contributed by atoms with van der Waals surface area (Å²) in [7, 11) is 0. The standard InChI is InChI=1S/C12H14N4O3/c1-2-19-10-5-3-4-9(6-10)7-11-13-15-16(14-11)8-12(17)18/h3-6H,2,7-8H2,1H3,(H,17,18). The van der Waals surface area contributed by atoms with Crippen molar-refractivity contribution in [2.75, 3.05) is 6.61 Å². The minimum absolute atomic E-state index is 0.286. The predicted molar refractivity (Wildman–Crippen MR) is 65.9 cm³/mol. The van der Waals surface area contributed by atoms with Crippen LogP contribution in [-0.4, -0.2) is 37.9 Å². The van der Waals surface area contributed by atoms with Crippen molar-refractivity contribution in [2.24, 2.45) is 0 Å². The Hall–Kier alpha value is -2.44. The van der Waals surface area contributed by atoms with Gasteiger partial charge in [-0.1, -0.05) is 12.1 Å². The van der Waals surface area contributed by atoms with E-state index in [4.69, 9.17) is 9.84 Å². The lowest BCUT2D eigenvalue weighted by Crippen LogP contribution is -2.11. The number of tetrazole rings is 1. The lowest BCUT2D eigenvalue weighted by atomic mass is 10.1. The third-order valence-corrected chi connectivity index (χ3v) is 2.34. The highest BCUT2D eigenvalue weighted by molar-refractivity contribution is 5.66. The molecule has 0 atom stereocenters. The molecule has 0 spiro atoms. The fourth-order valence-electron chi connectivity index (χ4n) is 1.63. The highest BCUT2D eigenvalue weighted by Crippen LogP contribution is 2.14. The third kappa shape index (κ3) is 3.77. The van der Waals surface area contributed by atoms with Gasteiger partial charge in [0.25, 0.3) is 0 Å². The molecular weight excluding hydrogens is 248 g/mol. The number of aliphatic carboxylic acids is 1. The first kappa shape index (κ1) is 13.0. The first-order chi connectivity index (χ1) is 9.17. The number of aromatic nitrogens is 4. The second-order valence-corrected chi connectivity index (χ2v) is 3.89. The molecule has 0 saturated heterocycles. The number of hydrogen-bond donors (Lipinski definition) is 1. The quantitative estimate of drug-likeness (QED) is 0.826. The van der Waals surface area contributed by atoms with Crippen molar-refractivity contribution in [3.63, 3.8) is 0 Å². The van der Waals surface area contributed by atoms with E-state index in [1.54, 1.807) is 0 Å². The smallest absolute Gasteiger partial charge is 0.327 e. The zero-order chi connectivity index (χ0) is 13.7. The van der Waals surface area contributed by atoms with Crippen LogP contribution in [0.5, 0.6) is 5.75 Å². The Morgan fingerprint density at radius 1 is 1.47 bits per heavy atom. The van der Waals surface area contributed by atoms with Gasteiger partial charge in [0.1, 0.15) is 5.75 Å². The van der Waals surface area contributed by atoms with Gasteiger partial charge in [0.15, 0.2) is 12.4 Å². The Morgan fingerprint density at radius 3 is 3.05 bits per heavy atom. The molecule has 7 heteroatoms. The third-order valence-electron chi connectivity index (χ3n) is 2.34. The van der Waals surface area contributed by atoms with Crippen molar-refractivity contribution in [2.45, 2.75) is 19.9 Å². The molecule has 7 nitrogen and oxygen atoms in total. The van der Waals surface area contributed by atoms with Crippen molar-refractivity contribution in [3.05, 3.63) is 35.7 Å². The van der Waals surface area contributed by atoms with E-state index >= 15 is 0 Å². The van der Waals surface area contributed by atoms with Gasteiger partial charge >= 0.3 is 5.97 Å². The zero-order valence-electron chi connectivity index (χ0n) is 10.5. The second kappa shape index (κ2) is 5.94. The van der Waals surface area contributed by atoms with Gasteiger partial charge in [0, 0.05) is 6.42 Å². The summed E-state index contributed by atoms with van der Waals surface area (Å²) in [5, 5.41) is 20.1. The number of carboxylic acids is 1. The first-order valence-electron chi connectivity index (χ1n) is 5.87. The lowest BCUT2D eigenvalue weighted by molar-refractivity contribution is -0.138. The summed E-state index contributed by atoms with van der Waals surface area (Å²) in [5.41, 5.74) is 0.987. The molecule has 1 aromatic heterocycles. The van der Waals surface area contributed by atoms with Crippen LogP contribution >= 0.6 is 0 Å². The summed E-state index contributed by atoms with van der Waals surface area (Å²) in [4.78, 5) is 11.6. The Morgan fingerprint density at radius 2 is 2.32 bits per heavy atom. The molecule has 0 amide bonds. The molecule has 1 N–H and O–H groups in total. The van der Waals surface area contributed by atoms with Crippen molar-refractivity contribution in [3.8, 4) is 5.75 Å². The van der Waals surface area contributed by atoms with Crippen LogP contribution in [0.1, 0.15) is 18.3 Å². The molecule has 0 aliphatic carbocycles. The SMILES string of the molecule is CCOc1cccc(Cc2nnn(CC(=O)O)n2)c1. The van der Waals surface area contributed by atoms with E-state index in [1.807, 2.05) is 31.2 Å². The Labute approximate surface area is 109 Å². The average molecular weight is 262 g/mol. The largest absolute Gasteiger partial charge is 0.494 e. The minimum Gasteiger partial charge on any atom is -0.494 e. The molecule has 100 valence electrons. The van der Waals surface area contributed by atoms with Crippen LogP contribution in [-0.2, 0) is 17.8 Å². The summed E-state index contributed by atoms with van der Waals surface area (Å²) >= 11 is 0. The van der Waals surface area contributed by atoms with Crippen molar-refractivity contribution >= 4 is 5.97 Å². The number of nitrogens with zero attached hydrogens (tertiary/aromatic N) is 4. The maximum absolute atomic E-state index is 10.5. The molecule has 0 aliphatic rings. The number of carboxylic acid groups (broad SMARTS) is 1. The van der Waals surface area contributed by atoms with Crippen LogP contribution in [0.4, 0.5) is 0 Å². The van der Waals surface area contributed by atoms with Crippen molar-refractivity contribution in [1.82, 2.24) is 20.2 Å². The molecule has 0 bridgehead atoms. The fourth-order valence-corrected chi connectivity index (χ4v) is 1.63. The normalized spacial score (nSPS) is 10.4. The summed E-state index contributed by atoms with van der Waals surface area (Å²) in [6, 6.07) is 7.60. The second-order valence-electron chi connectivity index (χ2n) is 3.89. The van der Waals surface area contributed by atoms with Crippen molar-refractivity contribution in [1.29, 1.82) is 0 Å². The van der Waals surface area contributed by atoms with Gasteiger partial charge in [-0.25, -0.2) is 0 Å². The first-order valence-corrected chi connectivity index (χ1v) is 5.87. The molecule has 1 heterocycles. The van der Waals surface area contributed by atoms with Gasteiger partial charge in [-0.05, 0) is 29.8 Å². The van der Waals surface area contributed by atoms with Gasteiger partial charge in [0.2, 0.25) is 0 Å². The molecule has 0 saturated carbocycles. The molecule has 2 aromatic rings. The summed E-state index contributed by atoms with van der Waals surface area (Å²) in [6.45, 7) is 2.24. The number of ether oxygens (including phenoxy) is 1. The van der Waals surface area contributed by atoms with Gasteiger partial charge in [0.05, 0.1) is 6.61 Å². The van der Waals surface area contributed by atoms with Gasteiger partial charge < -0.3 is 9.84 Å². The molecule has 0 radical (unpaired) electrons. The van der Waals surface area contributed by atoms with E-state index in [9.17, 15) is 4.79 Å². The van der Waals surface area contributed by atoms with Crippen LogP contribution in [0, 0.1) is 0 Å². The van der Waals surface area contributed by atoms with Crippen LogP contribution in [0.2, 0.25) is 0 Å². The zero-order valence-corrected chi connectivity index (χ0v) is 10.5. The monoisotopic (exact) mass is 262 g/mol. The summed E-state index contributed by atoms with van der Waals surface area (Å²) < 4.78 is 5.40.